The van der Waals surface area contributed by atoms with Gasteiger partial charge in [0.15, 0.2) is 9.84 Å². The van der Waals surface area contributed by atoms with Crippen LogP contribution in [-0.2, 0) is 9.84 Å². The van der Waals surface area contributed by atoms with Crippen molar-refractivity contribution in [3.63, 3.8) is 0 Å². The summed E-state index contributed by atoms with van der Waals surface area (Å²) in [5.74, 6) is 1.32. The molecule has 1 aliphatic carbocycles. The van der Waals surface area contributed by atoms with Gasteiger partial charge in [-0.2, -0.15) is 0 Å². The first-order valence-corrected chi connectivity index (χ1v) is 8.35. The van der Waals surface area contributed by atoms with Gasteiger partial charge in [-0.05, 0) is 31.7 Å². The Morgan fingerprint density at radius 1 is 1.25 bits per heavy atom. The van der Waals surface area contributed by atoms with Crippen molar-refractivity contribution in [2.24, 2.45) is 5.92 Å². The fraction of sp³-hybridized carbons (Fsp3) is 1.00. The van der Waals surface area contributed by atoms with E-state index in [9.17, 15) is 8.42 Å². The molecule has 1 saturated carbocycles. The Balaban J connectivity index is 2.36. The first kappa shape index (κ1) is 14.0. The molecule has 0 bridgehead atoms. The number of hydrogen-bond donors (Lipinski definition) is 1. The molecule has 96 valence electrons. The fourth-order valence-corrected chi connectivity index (χ4v) is 3.80. The van der Waals surface area contributed by atoms with Crippen LogP contribution in [0.25, 0.3) is 0 Å². The van der Waals surface area contributed by atoms with E-state index in [-0.39, 0.29) is 6.04 Å². The third-order valence-corrected chi connectivity index (χ3v) is 4.93. The minimum Gasteiger partial charge on any atom is -0.313 e. The molecule has 3 nitrogen and oxygen atoms in total. The number of nitrogens with one attached hydrogen (secondary N) is 1. The SMILES string of the molecule is CCCCCS(=O)(=O)CC(NCC)C1CC1. The number of unbranched alkanes of at least 4 members (excludes halogenated alkanes) is 2. The molecule has 1 fully saturated rings. The zero-order valence-electron chi connectivity index (χ0n) is 10.5. The van der Waals surface area contributed by atoms with Gasteiger partial charge in [0.1, 0.15) is 0 Å². The molecule has 1 N–H and O–H groups in total. The normalized spacial score (nSPS) is 18.6. The Kier molecular flexibility index (Phi) is 5.76. The molecule has 0 saturated heterocycles. The lowest BCUT2D eigenvalue weighted by Crippen LogP contribution is -2.38. The maximum atomic E-state index is 11.9. The van der Waals surface area contributed by atoms with Crippen molar-refractivity contribution in [1.82, 2.24) is 5.32 Å². The highest BCUT2D eigenvalue weighted by atomic mass is 32.2. The summed E-state index contributed by atoms with van der Waals surface area (Å²) in [4.78, 5) is 0. The molecule has 0 amide bonds. The zero-order valence-corrected chi connectivity index (χ0v) is 11.4. The van der Waals surface area contributed by atoms with Crippen LogP contribution in [0.3, 0.4) is 0 Å². The van der Waals surface area contributed by atoms with Crippen LogP contribution in [0.5, 0.6) is 0 Å². The summed E-state index contributed by atoms with van der Waals surface area (Å²) < 4.78 is 23.8. The minimum absolute atomic E-state index is 0.205. The molecule has 0 spiro atoms. The summed E-state index contributed by atoms with van der Waals surface area (Å²) in [7, 11) is -2.84. The molecular weight excluding hydrogens is 222 g/mol. The summed E-state index contributed by atoms with van der Waals surface area (Å²) >= 11 is 0. The lowest BCUT2D eigenvalue weighted by Gasteiger charge is -2.17. The first-order chi connectivity index (χ1) is 7.59. The number of sulfone groups is 1. The Labute approximate surface area is 99.9 Å². The fourth-order valence-electron chi connectivity index (χ4n) is 2.05. The second kappa shape index (κ2) is 6.60. The average Bonchev–Trinajstić information content (AvgIpc) is 3.00. The van der Waals surface area contributed by atoms with E-state index in [4.69, 9.17) is 0 Å². The van der Waals surface area contributed by atoms with Gasteiger partial charge in [0.2, 0.25) is 0 Å². The largest absolute Gasteiger partial charge is 0.313 e. The topological polar surface area (TPSA) is 46.2 Å². The van der Waals surface area contributed by atoms with Crippen molar-refractivity contribution in [1.29, 1.82) is 0 Å². The van der Waals surface area contributed by atoms with Crippen LogP contribution in [0.2, 0.25) is 0 Å². The summed E-state index contributed by atoms with van der Waals surface area (Å²) in [5, 5.41) is 3.31. The quantitative estimate of drug-likeness (QED) is 0.634. The molecule has 1 aliphatic rings. The van der Waals surface area contributed by atoms with E-state index in [1.807, 2.05) is 6.92 Å². The number of rotatable bonds is 9. The van der Waals surface area contributed by atoms with Gasteiger partial charge in [0, 0.05) is 6.04 Å². The smallest absolute Gasteiger partial charge is 0.151 e. The van der Waals surface area contributed by atoms with E-state index in [0.29, 0.717) is 17.4 Å². The van der Waals surface area contributed by atoms with E-state index < -0.39 is 9.84 Å². The van der Waals surface area contributed by atoms with Crippen molar-refractivity contribution in [3.8, 4) is 0 Å². The van der Waals surface area contributed by atoms with Crippen LogP contribution in [-0.4, -0.2) is 32.5 Å². The van der Waals surface area contributed by atoms with E-state index >= 15 is 0 Å². The molecule has 1 atom stereocenters. The second-order valence-electron chi connectivity index (χ2n) is 4.82. The summed E-state index contributed by atoms with van der Waals surface area (Å²) in [6.07, 6.45) is 5.32. The highest BCUT2D eigenvalue weighted by Gasteiger charge is 2.33. The van der Waals surface area contributed by atoms with Gasteiger partial charge in [0.05, 0.1) is 11.5 Å². The maximum Gasteiger partial charge on any atom is 0.151 e. The van der Waals surface area contributed by atoms with Gasteiger partial charge in [-0.25, -0.2) is 8.42 Å². The van der Waals surface area contributed by atoms with Crippen LogP contribution in [0.1, 0.15) is 46.0 Å². The predicted octanol–water partition coefficient (Wildman–Crippen LogP) is 1.98. The first-order valence-electron chi connectivity index (χ1n) is 6.53. The maximum absolute atomic E-state index is 11.9. The average molecular weight is 247 g/mol. The summed E-state index contributed by atoms with van der Waals surface area (Å²) in [6.45, 7) is 5.00. The van der Waals surface area contributed by atoms with Gasteiger partial charge in [-0.1, -0.05) is 26.7 Å². The van der Waals surface area contributed by atoms with E-state index in [2.05, 4.69) is 12.2 Å². The Bertz CT molecular complexity index is 283. The van der Waals surface area contributed by atoms with Crippen LogP contribution < -0.4 is 5.32 Å². The standard InChI is InChI=1S/C12H25NO2S/c1-3-5-6-9-16(14,15)10-12(13-4-2)11-7-8-11/h11-13H,3-10H2,1-2H3. The van der Waals surface area contributed by atoms with Gasteiger partial charge >= 0.3 is 0 Å². The molecule has 16 heavy (non-hydrogen) atoms. The van der Waals surface area contributed by atoms with Crippen LogP contribution in [0.15, 0.2) is 0 Å². The van der Waals surface area contributed by atoms with Crippen molar-refractivity contribution in [3.05, 3.63) is 0 Å². The molecule has 4 heteroatoms. The lowest BCUT2D eigenvalue weighted by molar-refractivity contribution is 0.501. The van der Waals surface area contributed by atoms with Gasteiger partial charge in [-0.15, -0.1) is 0 Å². The number of hydrogen-bond acceptors (Lipinski definition) is 3. The van der Waals surface area contributed by atoms with Crippen molar-refractivity contribution in [2.45, 2.75) is 52.0 Å². The van der Waals surface area contributed by atoms with Gasteiger partial charge < -0.3 is 5.32 Å². The summed E-state index contributed by atoms with van der Waals surface area (Å²) in [6, 6.07) is 0.205. The zero-order chi connectivity index (χ0) is 12.0. The molecule has 0 aromatic heterocycles. The molecule has 0 radical (unpaired) electrons. The third-order valence-electron chi connectivity index (χ3n) is 3.15. The van der Waals surface area contributed by atoms with Crippen LogP contribution >= 0.6 is 0 Å². The molecule has 1 rings (SSSR count). The molecule has 0 aromatic rings. The van der Waals surface area contributed by atoms with E-state index in [1.54, 1.807) is 0 Å². The monoisotopic (exact) mass is 247 g/mol. The van der Waals surface area contributed by atoms with Gasteiger partial charge in [-0.3, -0.25) is 0 Å². The van der Waals surface area contributed by atoms with Crippen LogP contribution in [0.4, 0.5) is 0 Å². The Hall–Kier alpha value is -0.0900. The van der Waals surface area contributed by atoms with E-state index in [0.717, 1.165) is 25.8 Å². The molecule has 1 unspecified atom stereocenters. The third kappa shape index (κ3) is 5.30. The highest BCUT2D eigenvalue weighted by Crippen LogP contribution is 2.33. The second-order valence-corrected chi connectivity index (χ2v) is 7.05. The van der Waals surface area contributed by atoms with Crippen molar-refractivity contribution < 1.29 is 8.42 Å². The highest BCUT2D eigenvalue weighted by molar-refractivity contribution is 7.91. The van der Waals surface area contributed by atoms with Gasteiger partial charge in [0.25, 0.3) is 0 Å². The minimum atomic E-state index is -2.84. The summed E-state index contributed by atoms with van der Waals surface area (Å²) in [5.41, 5.74) is 0. The van der Waals surface area contributed by atoms with E-state index in [1.165, 1.54) is 12.8 Å². The van der Waals surface area contributed by atoms with Crippen LogP contribution in [0, 0.1) is 5.92 Å². The Morgan fingerprint density at radius 2 is 1.94 bits per heavy atom. The molecular formula is C12H25NO2S. The lowest BCUT2D eigenvalue weighted by atomic mass is 10.2. The Morgan fingerprint density at radius 3 is 2.44 bits per heavy atom. The predicted molar refractivity (Wildman–Crippen MR) is 68.4 cm³/mol. The molecule has 0 aliphatic heterocycles. The molecule has 0 aromatic carbocycles. The molecule has 0 heterocycles. The van der Waals surface area contributed by atoms with Crippen molar-refractivity contribution >= 4 is 9.84 Å². The van der Waals surface area contributed by atoms with Crippen molar-refractivity contribution in [2.75, 3.05) is 18.1 Å².